The minimum Gasteiger partial charge on any atom is -0.508 e. The summed E-state index contributed by atoms with van der Waals surface area (Å²) in [4.78, 5) is 10.5. The van der Waals surface area contributed by atoms with Crippen molar-refractivity contribution in [2.45, 2.75) is 33.1 Å². The van der Waals surface area contributed by atoms with Crippen LogP contribution in [-0.4, -0.2) is 22.8 Å². The smallest absolute Gasteiger partial charge is 0.341 e. The lowest BCUT2D eigenvalue weighted by molar-refractivity contribution is -0.139. The van der Waals surface area contributed by atoms with E-state index in [1.807, 2.05) is 13.8 Å². The number of halogens is 2. The number of hydrogen-bond donors (Lipinski definition) is 2. The van der Waals surface area contributed by atoms with E-state index in [1.165, 1.54) is 6.07 Å². The van der Waals surface area contributed by atoms with Crippen LogP contribution in [0.3, 0.4) is 0 Å². The fraction of sp³-hybridized carbons (Fsp3) is 0.316. The summed E-state index contributed by atoms with van der Waals surface area (Å²) in [6.45, 7) is 4.72. The maximum absolute atomic E-state index is 14.4. The Balaban J connectivity index is 2.36. The Hall–Kier alpha value is -2.63. The molecule has 2 aromatic carbocycles. The standard InChI is InChI=1S/C19H20F2O4/c1-10(2)13-7-12(4-5-15(13)22)8-14-11(3)6-16(19(21)18(14)20)25-9-17(23)24/h4-7,10,22H,8-9H2,1-3H3,(H,23,24). The third-order valence-corrected chi connectivity index (χ3v) is 3.94. The number of ether oxygens (including phenoxy) is 1. The Morgan fingerprint density at radius 2 is 1.88 bits per heavy atom. The van der Waals surface area contributed by atoms with Crippen LogP contribution in [0, 0.1) is 18.6 Å². The zero-order chi connectivity index (χ0) is 18.7. The van der Waals surface area contributed by atoms with Gasteiger partial charge in [0.25, 0.3) is 0 Å². The molecule has 2 N–H and O–H groups in total. The van der Waals surface area contributed by atoms with E-state index in [0.717, 1.165) is 11.1 Å². The molecule has 0 saturated carbocycles. The third kappa shape index (κ3) is 4.26. The summed E-state index contributed by atoms with van der Waals surface area (Å²) in [7, 11) is 0. The van der Waals surface area contributed by atoms with Crippen LogP contribution in [0.15, 0.2) is 24.3 Å². The molecule has 0 radical (unpaired) electrons. The molecular weight excluding hydrogens is 330 g/mol. The topological polar surface area (TPSA) is 66.8 Å². The fourth-order valence-corrected chi connectivity index (χ4v) is 2.60. The van der Waals surface area contributed by atoms with E-state index in [9.17, 15) is 18.7 Å². The minimum atomic E-state index is -1.27. The molecule has 0 bridgehead atoms. The summed E-state index contributed by atoms with van der Waals surface area (Å²) in [6, 6.07) is 6.26. The summed E-state index contributed by atoms with van der Waals surface area (Å²) < 4.78 is 33.3. The van der Waals surface area contributed by atoms with Gasteiger partial charge in [0.15, 0.2) is 18.2 Å². The number of carboxylic acid groups (broad SMARTS) is 1. The summed E-state index contributed by atoms with van der Waals surface area (Å²) in [6.07, 6.45) is 0.147. The van der Waals surface area contributed by atoms with Crippen molar-refractivity contribution in [2.24, 2.45) is 0 Å². The lowest BCUT2D eigenvalue weighted by atomic mass is 9.94. The monoisotopic (exact) mass is 350 g/mol. The lowest BCUT2D eigenvalue weighted by Gasteiger charge is -2.14. The highest BCUT2D eigenvalue weighted by Gasteiger charge is 2.19. The molecule has 6 heteroatoms. The number of phenols is 1. The van der Waals surface area contributed by atoms with Gasteiger partial charge in [0.05, 0.1) is 0 Å². The molecule has 0 atom stereocenters. The van der Waals surface area contributed by atoms with Gasteiger partial charge in [-0.15, -0.1) is 0 Å². The van der Waals surface area contributed by atoms with E-state index < -0.39 is 30.0 Å². The molecule has 0 unspecified atom stereocenters. The number of aliphatic carboxylic acids is 1. The molecule has 0 amide bonds. The van der Waals surface area contributed by atoms with Crippen LogP contribution < -0.4 is 4.74 Å². The Morgan fingerprint density at radius 1 is 1.20 bits per heavy atom. The van der Waals surface area contributed by atoms with Crippen molar-refractivity contribution in [1.82, 2.24) is 0 Å². The van der Waals surface area contributed by atoms with Crippen molar-refractivity contribution < 1.29 is 28.5 Å². The van der Waals surface area contributed by atoms with E-state index in [1.54, 1.807) is 25.1 Å². The van der Waals surface area contributed by atoms with E-state index in [2.05, 4.69) is 0 Å². The normalized spacial score (nSPS) is 11.0. The first-order chi connectivity index (χ1) is 11.7. The first-order valence-electron chi connectivity index (χ1n) is 7.84. The summed E-state index contributed by atoms with van der Waals surface area (Å²) >= 11 is 0. The van der Waals surface area contributed by atoms with Crippen molar-refractivity contribution in [3.63, 3.8) is 0 Å². The van der Waals surface area contributed by atoms with Crippen molar-refractivity contribution in [3.05, 3.63) is 58.2 Å². The molecule has 0 aliphatic heterocycles. The minimum absolute atomic E-state index is 0.0921. The molecule has 0 aromatic heterocycles. The maximum Gasteiger partial charge on any atom is 0.341 e. The third-order valence-electron chi connectivity index (χ3n) is 3.94. The van der Waals surface area contributed by atoms with Crippen molar-refractivity contribution in [2.75, 3.05) is 6.61 Å². The fourth-order valence-electron chi connectivity index (χ4n) is 2.60. The first-order valence-corrected chi connectivity index (χ1v) is 7.84. The number of rotatable bonds is 6. The van der Waals surface area contributed by atoms with Gasteiger partial charge >= 0.3 is 5.97 Å². The zero-order valence-corrected chi connectivity index (χ0v) is 14.3. The molecule has 0 spiro atoms. The molecule has 2 rings (SSSR count). The Morgan fingerprint density at radius 3 is 2.48 bits per heavy atom. The van der Waals surface area contributed by atoms with Gasteiger partial charge in [0, 0.05) is 6.42 Å². The number of hydrogen-bond acceptors (Lipinski definition) is 3. The average Bonchev–Trinajstić information content (AvgIpc) is 2.54. The van der Waals surface area contributed by atoms with E-state index >= 15 is 0 Å². The van der Waals surface area contributed by atoms with E-state index in [4.69, 9.17) is 9.84 Å². The Kier molecular flexibility index (Phi) is 5.62. The van der Waals surface area contributed by atoms with Crippen LogP contribution in [0.2, 0.25) is 0 Å². The van der Waals surface area contributed by atoms with E-state index in [0.29, 0.717) is 5.56 Å². The van der Waals surface area contributed by atoms with Gasteiger partial charge in [-0.1, -0.05) is 26.0 Å². The van der Waals surface area contributed by atoms with Crippen LogP contribution >= 0.6 is 0 Å². The largest absolute Gasteiger partial charge is 0.508 e. The van der Waals surface area contributed by atoms with Crippen molar-refractivity contribution in [3.8, 4) is 11.5 Å². The van der Waals surface area contributed by atoms with Gasteiger partial charge in [-0.05, 0) is 47.2 Å². The highest BCUT2D eigenvalue weighted by Crippen LogP contribution is 2.30. The number of benzene rings is 2. The highest BCUT2D eigenvalue weighted by atomic mass is 19.2. The van der Waals surface area contributed by atoms with Crippen LogP contribution in [0.4, 0.5) is 8.78 Å². The predicted octanol–water partition coefficient (Wildman–Crippen LogP) is 4.16. The predicted molar refractivity (Wildman–Crippen MR) is 89.2 cm³/mol. The molecule has 0 aliphatic rings. The Labute approximate surface area is 144 Å². The number of phenolic OH excluding ortho intramolecular Hbond substituents is 1. The molecule has 0 aliphatic carbocycles. The van der Waals surface area contributed by atoms with Crippen molar-refractivity contribution in [1.29, 1.82) is 0 Å². The second-order valence-electron chi connectivity index (χ2n) is 6.21. The summed E-state index contributed by atoms with van der Waals surface area (Å²) in [5, 5.41) is 18.5. The quantitative estimate of drug-likeness (QED) is 0.821. The van der Waals surface area contributed by atoms with Gasteiger partial charge in [0.2, 0.25) is 5.82 Å². The SMILES string of the molecule is Cc1cc(OCC(=O)O)c(F)c(F)c1Cc1ccc(O)c(C(C)C)c1. The van der Waals surface area contributed by atoms with Crippen molar-refractivity contribution >= 4 is 5.97 Å². The number of aryl methyl sites for hydroxylation is 1. The molecular formula is C19H20F2O4. The molecule has 0 saturated heterocycles. The summed E-state index contributed by atoms with van der Waals surface area (Å²) in [5.41, 5.74) is 2.10. The molecule has 25 heavy (non-hydrogen) atoms. The molecule has 4 nitrogen and oxygen atoms in total. The van der Waals surface area contributed by atoms with Crippen LogP contribution in [-0.2, 0) is 11.2 Å². The Bertz CT molecular complexity index is 800. The summed E-state index contributed by atoms with van der Waals surface area (Å²) in [5.74, 6) is -3.69. The maximum atomic E-state index is 14.4. The molecule has 0 fully saturated rings. The average molecular weight is 350 g/mol. The van der Waals surface area contributed by atoms with Gasteiger partial charge in [0.1, 0.15) is 5.75 Å². The van der Waals surface area contributed by atoms with Gasteiger partial charge in [-0.3, -0.25) is 0 Å². The molecule has 134 valence electrons. The first kappa shape index (κ1) is 18.7. The zero-order valence-electron chi connectivity index (χ0n) is 14.3. The highest BCUT2D eigenvalue weighted by molar-refractivity contribution is 5.68. The number of carboxylic acids is 1. The molecule has 2 aromatic rings. The van der Waals surface area contributed by atoms with Crippen LogP contribution in [0.5, 0.6) is 11.5 Å². The van der Waals surface area contributed by atoms with E-state index in [-0.39, 0.29) is 23.7 Å². The number of carbonyl (C=O) groups is 1. The van der Waals surface area contributed by atoms with Crippen LogP contribution in [0.25, 0.3) is 0 Å². The van der Waals surface area contributed by atoms with Crippen LogP contribution in [0.1, 0.15) is 42.0 Å². The van der Waals surface area contributed by atoms with Gasteiger partial charge in [-0.25, -0.2) is 9.18 Å². The second-order valence-corrected chi connectivity index (χ2v) is 6.21. The van der Waals surface area contributed by atoms with Gasteiger partial charge < -0.3 is 14.9 Å². The molecule has 0 heterocycles. The van der Waals surface area contributed by atoms with Gasteiger partial charge in [-0.2, -0.15) is 4.39 Å². The second kappa shape index (κ2) is 7.51. The lowest BCUT2D eigenvalue weighted by Crippen LogP contribution is -2.12. The number of aromatic hydroxyl groups is 1.